The highest BCUT2D eigenvalue weighted by Crippen LogP contribution is 2.17. The summed E-state index contributed by atoms with van der Waals surface area (Å²) in [6, 6.07) is 5.47. The number of hydrogen-bond donors (Lipinski definition) is 2. The zero-order chi connectivity index (χ0) is 16.2. The van der Waals surface area contributed by atoms with Crippen molar-refractivity contribution >= 4 is 22.5 Å². The number of nitrogens with zero attached hydrogens (tertiary/aromatic N) is 4. The number of thiazole rings is 1. The highest BCUT2D eigenvalue weighted by atomic mass is 32.1. The maximum atomic E-state index is 11.8. The third-order valence-electron chi connectivity index (χ3n) is 3.20. The molecule has 0 aliphatic carbocycles. The molecular weight excluding hydrogens is 312 g/mol. The van der Waals surface area contributed by atoms with Gasteiger partial charge in [-0.05, 0) is 24.6 Å². The average Bonchev–Trinajstić information content (AvgIpc) is 3.14. The molecule has 3 aromatic rings. The molecule has 3 rings (SSSR count). The summed E-state index contributed by atoms with van der Waals surface area (Å²) < 4.78 is 1.77. The zero-order valence-corrected chi connectivity index (χ0v) is 13.6. The molecule has 2 amide bonds. The molecule has 0 atom stereocenters. The normalized spacial score (nSPS) is 10.5. The Morgan fingerprint density at radius 1 is 1.26 bits per heavy atom. The zero-order valence-electron chi connectivity index (χ0n) is 12.8. The van der Waals surface area contributed by atoms with Crippen LogP contribution in [0.4, 0.5) is 9.93 Å². The van der Waals surface area contributed by atoms with E-state index in [2.05, 4.69) is 25.7 Å². The number of hydrogen-bond acceptors (Lipinski definition) is 5. The van der Waals surface area contributed by atoms with E-state index in [0.717, 1.165) is 21.8 Å². The van der Waals surface area contributed by atoms with Gasteiger partial charge in [0.1, 0.15) is 0 Å². The van der Waals surface area contributed by atoms with Gasteiger partial charge in [0, 0.05) is 37.1 Å². The van der Waals surface area contributed by atoms with Gasteiger partial charge in [0.05, 0.1) is 11.4 Å². The minimum atomic E-state index is -0.282. The predicted octanol–water partition coefficient (Wildman–Crippen LogP) is 2.57. The van der Waals surface area contributed by atoms with E-state index in [0.29, 0.717) is 11.7 Å². The van der Waals surface area contributed by atoms with Gasteiger partial charge in [-0.15, -0.1) is 11.3 Å². The number of amides is 2. The van der Waals surface area contributed by atoms with Crippen molar-refractivity contribution in [3.05, 3.63) is 47.2 Å². The molecule has 3 heterocycles. The van der Waals surface area contributed by atoms with Crippen LogP contribution in [-0.4, -0.2) is 25.8 Å². The number of anilines is 1. The molecule has 0 aliphatic rings. The number of carbonyl (C=O) groups is 1. The first-order chi connectivity index (χ1) is 11.1. The molecule has 0 saturated heterocycles. The van der Waals surface area contributed by atoms with E-state index in [1.807, 2.05) is 32.2 Å². The molecule has 0 unspecified atom stereocenters. The van der Waals surface area contributed by atoms with Gasteiger partial charge in [0.2, 0.25) is 0 Å². The molecule has 0 aliphatic heterocycles. The Hall–Kier alpha value is -2.74. The number of urea groups is 1. The first-order valence-corrected chi connectivity index (χ1v) is 7.84. The highest BCUT2D eigenvalue weighted by Gasteiger charge is 2.06. The second-order valence-electron chi connectivity index (χ2n) is 4.98. The molecule has 23 heavy (non-hydrogen) atoms. The maximum absolute atomic E-state index is 11.8. The summed E-state index contributed by atoms with van der Waals surface area (Å²) >= 11 is 1.44. The van der Waals surface area contributed by atoms with Crippen molar-refractivity contribution in [1.29, 1.82) is 0 Å². The Morgan fingerprint density at radius 3 is 2.74 bits per heavy atom. The lowest BCUT2D eigenvalue weighted by atomic mass is 10.2. The van der Waals surface area contributed by atoms with Crippen molar-refractivity contribution in [3.8, 4) is 11.4 Å². The molecule has 0 fully saturated rings. The largest absolute Gasteiger partial charge is 0.334 e. The molecule has 2 N–H and O–H groups in total. The second-order valence-corrected chi connectivity index (χ2v) is 6.21. The van der Waals surface area contributed by atoms with Gasteiger partial charge < -0.3 is 5.32 Å². The topological polar surface area (TPSA) is 84.7 Å². The highest BCUT2D eigenvalue weighted by molar-refractivity contribution is 7.15. The van der Waals surface area contributed by atoms with Crippen LogP contribution in [0.5, 0.6) is 0 Å². The Morgan fingerprint density at radius 2 is 2.13 bits per heavy atom. The summed E-state index contributed by atoms with van der Waals surface area (Å²) in [6.07, 6.45) is 5.20. The number of nitrogens with one attached hydrogen (secondary N) is 2. The van der Waals surface area contributed by atoms with E-state index in [4.69, 9.17) is 0 Å². The molecule has 7 nitrogen and oxygen atoms in total. The predicted molar refractivity (Wildman–Crippen MR) is 89.1 cm³/mol. The van der Waals surface area contributed by atoms with Crippen LogP contribution in [0.25, 0.3) is 11.4 Å². The Bertz CT molecular complexity index is 807. The Balaban J connectivity index is 1.56. The first kappa shape index (κ1) is 15.2. The third kappa shape index (κ3) is 3.72. The fourth-order valence-electron chi connectivity index (χ4n) is 2.04. The van der Waals surface area contributed by atoms with Crippen molar-refractivity contribution < 1.29 is 4.79 Å². The van der Waals surface area contributed by atoms with Crippen molar-refractivity contribution in [2.45, 2.75) is 13.5 Å². The molecule has 3 aromatic heterocycles. The summed E-state index contributed by atoms with van der Waals surface area (Å²) in [5.41, 5.74) is 2.71. The molecular formula is C15H16N6OS. The quantitative estimate of drug-likeness (QED) is 0.771. The number of carbonyl (C=O) groups excluding carboxylic acids is 1. The van der Waals surface area contributed by atoms with E-state index in [1.54, 1.807) is 23.3 Å². The smallest absolute Gasteiger partial charge is 0.321 e. The fraction of sp³-hybridized carbons (Fsp3) is 0.200. The van der Waals surface area contributed by atoms with Gasteiger partial charge >= 0.3 is 6.03 Å². The van der Waals surface area contributed by atoms with Gasteiger partial charge in [-0.1, -0.05) is 6.07 Å². The number of rotatable bonds is 4. The van der Waals surface area contributed by atoms with Crippen LogP contribution in [0.3, 0.4) is 0 Å². The Labute approximate surface area is 137 Å². The van der Waals surface area contributed by atoms with Crippen molar-refractivity contribution in [2.75, 3.05) is 5.32 Å². The summed E-state index contributed by atoms with van der Waals surface area (Å²) in [6.45, 7) is 2.34. The van der Waals surface area contributed by atoms with Gasteiger partial charge in [0.15, 0.2) is 5.13 Å². The van der Waals surface area contributed by atoms with Crippen LogP contribution < -0.4 is 10.6 Å². The molecule has 0 bridgehead atoms. The molecule has 0 saturated carbocycles. The van der Waals surface area contributed by atoms with Crippen LogP contribution in [0, 0.1) is 6.92 Å². The Kier molecular flexibility index (Phi) is 4.33. The minimum Gasteiger partial charge on any atom is -0.334 e. The van der Waals surface area contributed by atoms with Crippen LogP contribution in [0.15, 0.2) is 36.8 Å². The second kappa shape index (κ2) is 6.57. The molecule has 0 spiro atoms. The fourth-order valence-corrected chi connectivity index (χ4v) is 2.70. The summed E-state index contributed by atoms with van der Waals surface area (Å²) in [5.74, 6) is 0. The van der Waals surface area contributed by atoms with Gasteiger partial charge in [0.25, 0.3) is 0 Å². The minimum absolute atomic E-state index is 0.282. The number of pyridine rings is 1. The lowest BCUT2D eigenvalue weighted by Crippen LogP contribution is -2.28. The van der Waals surface area contributed by atoms with Gasteiger partial charge in [-0.25, -0.2) is 9.78 Å². The summed E-state index contributed by atoms with van der Waals surface area (Å²) in [4.78, 5) is 21.3. The van der Waals surface area contributed by atoms with Crippen molar-refractivity contribution in [1.82, 2.24) is 25.1 Å². The van der Waals surface area contributed by atoms with Crippen LogP contribution in [0.2, 0.25) is 0 Å². The third-order valence-corrected chi connectivity index (χ3v) is 4.03. The van der Waals surface area contributed by atoms with E-state index in [1.165, 1.54) is 11.3 Å². The van der Waals surface area contributed by atoms with E-state index in [9.17, 15) is 4.79 Å². The molecule has 8 heteroatoms. The van der Waals surface area contributed by atoms with E-state index >= 15 is 0 Å². The summed E-state index contributed by atoms with van der Waals surface area (Å²) in [7, 11) is 1.87. The number of aromatic nitrogens is 4. The van der Waals surface area contributed by atoms with Crippen molar-refractivity contribution in [2.24, 2.45) is 7.05 Å². The molecule has 0 radical (unpaired) electrons. The van der Waals surface area contributed by atoms with Gasteiger partial charge in [-0.3, -0.25) is 15.0 Å². The van der Waals surface area contributed by atoms with E-state index < -0.39 is 0 Å². The van der Waals surface area contributed by atoms with Crippen LogP contribution in [0.1, 0.15) is 10.4 Å². The van der Waals surface area contributed by atoms with E-state index in [-0.39, 0.29) is 6.03 Å². The summed E-state index contributed by atoms with van der Waals surface area (Å²) in [5, 5.41) is 10.2. The average molecular weight is 328 g/mol. The number of aryl methyl sites for hydroxylation is 2. The van der Waals surface area contributed by atoms with Gasteiger partial charge in [-0.2, -0.15) is 5.10 Å². The first-order valence-electron chi connectivity index (χ1n) is 7.02. The lowest BCUT2D eigenvalue weighted by molar-refractivity contribution is 0.251. The standard InChI is InChI=1S/C15H16N6OS/c1-10-7-18-15(23-10)20-14(22)17-9-11-3-4-12(16-8-11)13-5-6-19-21(13)2/h3-8H,9H2,1-2H3,(H2,17,18,20,22). The van der Waals surface area contributed by atoms with Crippen molar-refractivity contribution in [3.63, 3.8) is 0 Å². The van der Waals surface area contributed by atoms with Crippen LogP contribution >= 0.6 is 11.3 Å². The maximum Gasteiger partial charge on any atom is 0.321 e. The monoisotopic (exact) mass is 328 g/mol. The molecule has 0 aromatic carbocycles. The lowest BCUT2D eigenvalue weighted by Gasteiger charge is -2.06. The molecule has 118 valence electrons. The van der Waals surface area contributed by atoms with Crippen LogP contribution in [-0.2, 0) is 13.6 Å². The SMILES string of the molecule is Cc1cnc(NC(=O)NCc2ccc(-c3ccnn3C)nc2)s1.